The highest BCUT2D eigenvalue weighted by Gasteiger charge is 2.15. The monoisotopic (exact) mass is 387 g/mol. The van der Waals surface area contributed by atoms with Crippen LogP contribution in [0.15, 0.2) is 54.7 Å². The van der Waals surface area contributed by atoms with E-state index >= 15 is 0 Å². The minimum atomic E-state index is -2.99. The number of benzene rings is 2. The Morgan fingerprint density at radius 1 is 1.14 bits per heavy atom. The average Bonchev–Trinajstić information content (AvgIpc) is 3.12. The van der Waals surface area contributed by atoms with Crippen LogP contribution in [0.5, 0.6) is 11.5 Å². The standard InChI is InChI=1S/C20H19F2N3O3/c1-13-7-8-18(28-20(21)22)16(11-13)23-19(26)15-9-10-25(24-15)12-27-17-6-4-3-5-14(17)2/h3-11,20H,12H2,1-2H3,(H,23,26). The fourth-order valence-electron chi connectivity index (χ4n) is 2.54. The third-order valence-electron chi connectivity index (χ3n) is 3.92. The summed E-state index contributed by atoms with van der Waals surface area (Å²) in [5.74, 6) is 0.0631. The number of nitrogens with one attached hydrogen (secondary N) is 1. The van der Waals surface area contributed by atoms with Crippen molar-refractivity contribution in [3.05, 3.63) is 71.5 Å². The first kappa shape index (κ1) is 19.3. The molecule has 3 aromatic rings. The summed E-state index contributed by atoms with van der Waals surface area (Å²) >= 11 is 0. The molecule has 0 atom stereocenters. The van der Waals surface area contributed by atoms with Crippen LogP contribution in [-0.4, -0.2) is 22.3 Å². The first-order valence-electron chi connectivity index (χ1n) is 8.51. The van der Waals surface area contributed by atoms with Gasteiger partial charge in [0.05, 0.1) is 5.69 Å². The molecule has 1 heterocycles. The van der Waals surface area contributed by atoms with Crippen molar-refractivity contribution in [3.8, 4) is 11.5 Å². The van der Waals surface area contributed by atoms with Gasteiger partial charge < -0.3 is 14.8 Å². The number of aromatic nitrogens is 2. The number of rotatable bonds is 7. The Morgan fingerprint density at radius 3 is 2.68 bits per heavy atom. The zero-order chi connectivity index (χ0) is 20.1. The van der Waals surface area contributed by atoms with E-state index in [1.165, 1.54) is 16.8 Å². The van der Waals surface area contributed by atoms with Gasteiger partial charge in [-0.1, -0.05) is 24.3 Å². The number of aryl methyl sites for hydroxylation is 2. The lowest BCUT2D eigenvalue weighted by Crippen LogP contribution is -2.16. The van der Waals surface area contributed by atoms with Crippen LogP contribution in [0.1, 0.15) is 21.6 Å². The van der Waals surface area contributed by atoms with Gasteiger partial charge >= 0.3 is 6.61 Å². The van der Waals surface area contributed by atoms with Crippen LogP contribution in [0.4, 0.5) is 14.5 Å². The number of carbonyl (C=O) groups excluding carboxylic acids is 1. The van der Waals surface area contributed by atoms with Gasteiger partial charge in [-0.25, -0.2) is 4.68 Å². The molecule has 3 rings (SSSR count). The molecule has 0 aliphatic rings. The third-order valence-corrected chi connectivity index (χ3v) is 3.92. The Morgan fingerprint density at radius 2 is 1.93 bits per heavy atom. The number of anilines is 1. The van der Waals surface area contributed by atoms with Crippen molar-refractivity contribution in [1.82, 2.24) is 9.78 Å². The van der Waals surface area contributed by atoms with Gasteiger partial charge in [-0.2, -0.15) is 13.9 Å². The molecule has 0 saturated heterocycles. The smallest absolute Gasteiger partial charge is 0.387 e. The fraction of sp³-hybridized carbons (Fsp3) is 0.200. The van der Waals surface area contributed by atoms with Gasteiger partial charge in [0.25, 0.3) is 5.91 Å². The number of ether oxygens (including phenoxy) is 2. The maximum Gasteiger partial charge on any atom is 0.387 e. The van der Waals surface area contributed by atoms with Crippen molar-refractivity contribution in [2.24, 2.45) is 0 Å². The Labute approximate surface area is 160 Å². The van der Waals surface area contributed by atoms with Gasteiger partial charge in [0.2, 0.25) is 0 Å². The summed E-state index contributed by atoms with van der Waals surface area (Å²) in [5.41, 5.74) is 2.04. The Bertz CT molecular complexity index is 973. The van der Waals surface area contributed by atoms with Crippen molar-refractivity contribution < 1.29 is 23.0 Å². The highest BCUT2D eigenvalue weighted by Crippen LogP contribution is 2.27. The molecular formula is C20H19F2N3O3. The molecule has 8 heteroatoms. The van der Waals surface area contributed by atoms with Crippen molar-refractivity contribution >= 4 is 11.6 Å². The highest BCUT2D eigenvalue weighted by molar-refractivity contribution is 6.03. The zero-order valence-corrected chi connectivity index (χ0v) is 15.4. The second-order valence-electron chi connectivity index (χ2n) is 6.11. The second-order valence-corrected chi connectivity index (χ2v) is 6.11. The van der Waals surface area contributed by atoms with E-state index in [0.29, 0.717) is 0 Å². The van der Waals surface area contributed by atoms with Crippen molar-refractivity contribution in [3.63, 3.8) is 0 Å². The number of alkyl halides is 2. The number of nitrogens with zero attached hydrogens (tertiary/aromatic N) is 2. The molecule has 146 valence electrons. The number of hydrogen-bond acceptors (Lipinski definition) is 4. The van der Waals surface area contributed by atoms with Crippen LogP contribution >= 0.6 is 0 Å². The third kappa shape index (κ3) is 4.85. The maximum atomic E-state index is 12.6. The Hall–Kier alpha value is -3.42. The molecule has 0 aliphatic carbocycles. The van der Waals surface area contributed by atoms with Gasteiger partial charge in [-0.3, -0.25) is 4.79 Å². The van der Waals surface area contributed by atoms with Crippen LogP contribution in [-0.2, 0) is 6.73 Å². The predicted molar refractivity (Wildman–Crippen MR) is 99.8 cm³/mol. The lowest BCUT2D eigenvalue weighted by atomic mass is 10.2. The van der Waals surface area contributed by atoms with Gasteiger partial charge in [0.15, 0.2) is 12.4 Å². The quantitative estimate of drug-likeness (QED) is 0.653. The van der Waals surface area contributed by atoms with Crippen LogP contribution in [0.25, 0.3) is 0 Å². The van der Waals surface area contributed by atoms with Crippen LogP contribution in [0, 0.1) is 13.8 Å². The summed E-state index contributed by atoms with van der Waals surface area (Å²) in [7, 11) is 0. The molecule has 0 radical (unpaired) electrons. The number of carbonyl (C=O) groups is 1. The molecular weight excluding hydrogens is 368 g/mol. The molecule has 6 nitrogen and oxygen atoms in total. The summed E-state index contributed by atoms with van der Waals surface area (Å²) in [6, 6.07) is 13.6. The minimum Gasteiger partial charge on any atom is -0.471 e. The number of halogens is 2. The molecule has 0 unspecified atom stereocenters. The highest BCUT2D eigenvalue weighted by atomic mass is 19.3. The van der Waals surface area contributed by atoms with Gasteiger partial charge in [0, 0.05) is 6.20 Å². The molecule has 1 amide bonds. The maximum absolute atomic E-state index is 12.6. The lowest BCUT2D eigenvalue weighted by molar-refractivity contribution is -0.0493. The molecule has 0 fully saturated rings. The SMILES string of the molecule is Cc1ccc(OC(F)F)c(NC(=O)c2ccn(COc3ccccc3C)n2)c1. The van der Waals surface area contributed by atoms with E-state index in [2.05, 4.69) is 15.2 Å². The molecule has 1 N–H and O–H groups in total. The van der Waals surface area contributed by atoms with Gasteiger partial charge in [-0.15, -0.1) is 0 Å². The fourth-order valence-corrected chi connectivity index (χ4v) is 2.54. The van der Waals surface area contributed by atoms with Crippen molar-refractivity contribution in [2.45, 2.75) is 27.2 Å². The molecule has 0 saturated carbocycles. The summed E-state index contributed by atoms with van der Waals surface area (Å²) in [6.07, 6.45) is 1.60. The van der Waals surface area contributed by atoms with Crippen LogP contribution in [0.3, 0.4) is 0 Å². The Kier molecular flexibility index (Phi) is 5.88. The zero-order valence-electron chi connectivity index (χ0n) is 15.4. The van der Waals surface area contributed by atoms with E-state index < -0.39 is 12.5 Å². The number of para-hydroxylation sites is 1. The Balaban J connectivity index is 1.68. The van der Waals surface area contributed by atoms with Crippen LogP contribution in [0.2, 0.25) is 0 Å². The minimum absolute atomic E-state index is 0.115. The van der Waals surface area contributed by atoms with Crippen molar-refractivity contribution in [1.29, 1.82) is 0 Å². The van der Waals surface area contributed by atoms with Crippen LogP contribution < -0.4 is 14.8 Å². The van der Waals surface area contributed by atoms with E-state index in [0.717, 1.165) is 16.9 Å². The van der Waals surface area contributed by atoms with Crippen molar-refractivity contribution in [2.75, 3.05) is 5.32 Å². The largest absolute Gasteiger partial charge is 0.471 e. The van der Waals surface area contributed by atoms with E-state index in [9.17, 15) is 13.6 Å². The number of amides is 1. The van der Waals surface area contributed by atoms with E-state index in [1.54, 1.807) is 25.3 Å². The molecule has 0 spiro atoms. The predicted octanol–water partition coefficient (Wildman–Crippen LogP) is 4.39. The summed E-state index contributed by atoms with van der Waals surface area (Å²) < 4.78 is 36.7. The van der Waals surface area contributed by atoms with Gasteiger partial charge in [-0.05, 0) is 49.2 Å². The number of hydrogen-bond donors (Lipinski definition) is 1. The lowest BCUT2D eigenvalue weighted by Gasteiger charge is -2.12. The summed E-state index contributed by atoms with van der Waals surface area (Å²) in [6.45, 7) is 0.844. The summed E-state index contributed by atoms with van der Waals surface area (Å²) in [4.78, 5) is 12.4. The normalized spacial score (nSPS) is 10.8. The summed E-state index contributed by atoms with van der Waals surface area (Å²) in [5, 5.41) is 6.71. The van der Waals surface area contributed by atoms with E-state index in [-0.39, 0.29) is 23.9 Å². The average molecular weight is 387 g/mol. The van der Waals surface area contributed by atoms with Gasteiger partial charge in [0.1, 0.15) is 11.5 Å². The first-order chi connectivity index (χ1) is 13.4. The van der Waals surface area contributed by atoms with E-state index in [4.69, 9.17) is 4.74 Å². The molecule has 0 bridgehead atoms. The molecule has 1 aromatic heterocycles. The van der Waals surface area contributed by atoms with E-state index in [1.807, 2.05) is 31.2 Å². The molecule has 28 heavy (non-hydrogen) atoms. The molecule has 0 aliphatic heterocycles. The second kappa shape index (κ2) is 8.51. The molecule has 2 aromatic carbocycles. The topological polar surface area (TPSA) is 65.4 Å². The first-order valence-corrected chi connectivity index (χ1v) is 8.51.